The lowest BCUT2D eigenvalue weighted by Gasteiger charge is -2.19. The van der Waals surface area contributed by atoms with Gasteiger partial charge in [-0.3, -0.25) is 0 Å². The highest BCUT2D eigenvalue weighted by molar-refractivity contribution is 4.91. The molecule has 1 heterocycles. The van der Waals surface area contributed by atoms with Crippen molar-refractivity contribution in [2.45, 2.75) is 31.5 Å². The Morgan fingerprint density at radius 1 is 1.60 bits per heavy atom. The van der Waals surface area contributed by atoms with E-state index < -0.39 is 6.10 Å². The van der Waals surface area contributed by atoms with E-state index in [-0.39, 0.29) is 6.10 Å². The van der Waals surface area contributed by atoms with Gasteiger partial charge < -0.3 is 9.84 Å². The lowest BCUT2D eigenvalue weighted by atomic mass is 10.1. The Balaban J connectivity index is 1.92. The third-order valence-corrected chi connectivity index (χ3v) is 2.68. The number of methoxy groups -OCH3 is 1. The largest absolute Gasteiger partial charge is 0.390 e. The quantitative estimate of drug-likeness (QED) is 0.715. The highest BCUT2D eigenvalue weighted by atomic mass is 16.5. The van der Waals surface area contributed by atoms with Crippen molar-refractivity contribution < 1.29 is 9.84 Å². The molecular weight excluding hydrogens is 196 g/mol. The highest BCUT2D eigenvalue weighted by Crippen LogP contribution is 2.35. The van der Waals surface area contributed by atoms with Gasteiger partial charge in [0.05, 0.1) is 19.3 Å². The maximum atomic E-state index is 9.94. The molecule has 6 nitrogen and oxygen atoms in total. The van der Waals surface area contributed by atoms with E-state index in [4.69, 9.17) is 4.74 Å². The third-order valence-electron chi connectivity index (χ3n) is 2.68. The van der Waals surface area contributed by atoms with E-state index in [1.807, 2.05) is 0 Å². The van der Waals surface area contributed by atoms with Crippen LogP contribution in [-0.4, -0.2) is 44.6 Å². The molecule has 1 aliphatic carbocycles. The van der Waals surface area contributed by atoms with Crippen molar-refractivity contribution in [1.82, 2.24) is 20.2 Å². The second-order valence-corrected chi connectivity index (χ2v) is 4.00. The molecule has 1 aliphatic rings. The van der Waals surface area contributed by atoms with Crippen molar-refractivity contribution in [3.8, 4) is 0 Å². The Labute approximate surface area is 88.2 Å². The first kappa shape index (κ1) is 10.5. The van der Waals surface area contributed by atoms with Crippen LogP contribution in [0.25, 0.3) is 0 Å². The van der Waals surface area contributed by atoms with Crippen molar-refractivity contribution in [2.75, 3.05) is 7.11 Å². The average molecular weight is 212 g/mol. The molecular formula is C9H16N4O2. The lowest BCUT2D eigenvalue weighted by Crippen LogP contribution is -2.32. The molecule has 0 radical (unpaired) electrons. The number of aliphatic hydroxyl groups is 1. The zero-order valence-corrected chi connectivity index (χ0v) is 9.00. The van der Waals surface area contributed by atoms with Crippen molar-refractivity contribution in [3.63, 3.8) is 0 Å². The summed E-state index contributed by atoms with van der Waals surface area (Å²) in [7, 11) is 3.34. The van der Waals surface area contributed by atoms with Gasteiger partial charge in [-0.1, -0.05) is 0 Å². The van der Waals surface area contributed by atoms with E-state index in [0.29, 0.717) is 18.2 Å². The molecule has 2 atom stereocenters. The Morgan fingerprint density at radius 3 is 2.80 bits per heavy atom. The number of aliphatic hydroxyl groups excluding tert-OH is 1. The van der Waals surface area contributed by atoms with Crippen LogP contribution in [0.4, 0.5) is 0 Å². The second kappa shape index (κ2) is 4.24. The predicted octanol–water partition coefficient (Wildman–Crippen LogP) is -0.462. The molecule has 0 aromatic carbocycles. The monoisotopic (exact) mass is 212 g/mol. The van der Waals surface area contributed by atoms with E-state index in [1.54, 1.807) is 14.2 Å². The van der Waals surface area contributed by atoms with Crippen LogP contribution >= 0.6 is 0 Å². The summed E-state index contributed by atoms with van der Waals surface area (Å²) in [5.41, 5.74) is 0. The number of tetrazole rings is 1. The van der Waals surface area contributed by atoms with Crippen LogP contribution in [0.5, 0.6) is 0 Å². The van der Waals surface area contributed by atoms with Crippen LogP contribution < -0.4 is 0 Å². The summed E-state index contributed by atoms with van der Waals surface area (Å²) in [6.45, 7) is 0. The highest BCUT2D eigenvalue weighted by Gasteiger charge is 2.36. The van der Waals surface area contributed by atoms with Crippen molar-refractivity contribution in [1.29, 1.82) is 0 Å². The van der Waals surface area contributed by atoms with Crippen LogP contribution in [0, 0.1) is 5.92 Å². The molecule has 0 amide bonds. The maximum absolute atomic E-state index is 9.94. The summed E-state index contributed by atoms with van der Waals surface area (Å²) in [5, 5.41) is 21.5. The van der Waals surface area contributed by atoms with Crippen molar-refractivity contribution >= 4 is 0 Å². The summed E-state index contributed by atoms with van der Waals surface area (Å²) in [5.74, 6) is 1.06. The van der Waals surface area contributed by atoms with Gasteiger partial charge in [-0.2, -0.15) is 4.80 Å². The minimum Gasteiger partial charge on any atom is -0.390 e. The number of aromatic nitrogens is 4. The third kappa shape index (κ3) is 2.51. The van der Waals surface area contributed by atoms with E-state index >= 15 is 0 Å². The van der Waals surface area contributed by atoms with Crippen LogP contribution in [0.3, 0.4) is 0 Å². The molecule has 2 unspecified atom stereocenters. The average Bonchev–Trinajstić information content (AvgIpc) is 2.93. The molecule has 1 fully saturated rings. The number of nitrogens with zero attached hydrogens (tertiary/aromatic N) is 4. The molecule has 0 bridgehead atoms. The predicted molar refractivity (Wildman–Crippen MR) is 52.0 cm³/mol. The Morgan fingerprint density at radius 2 is 2.33 bits per heavy atom. The van der Waals surface area contributed by atoms with E-state index in [2.05, 4.69) is 15.4 Å². The number of hydrogen-bond donors (Lipinski definition) is 1. The minimum atomic E-state index is -0.535. The Kier molecular flexibility index (Phi) is 2.97. The molecule has 84 valence electrons. The molecule has 0 aliphatic heterocycles. The zero-order valence-electron chi connectivity index (χ0n) is 9.00. The van der Waals surface area contributed by atoms with E-state index in [9.17, 15) is 5.11 Å². The van der Waals surface area contributed by atoms with Gasteiger partial charge in [0.25, 0.3) is 0 Å². The van der Waals surface area contributed by atoms with Gasteiger partial charge in [-0.25, -0.2) is 0 Å². The number of hydrogen-bond acceptors (Lipinski definition) is 5. The summed E-state index contributed by atoms with van der Waals surface area (Å²) in [6, 6.07) is 0. The normalized spacial score (nSPS) is 20.2. The number of ether oxygens (including phenoxy) is 1. The van der Waals surface area contributed by atoms with Crippen molar-refractivity contribution in [2.24, 2.45) is 13.0 Å². The lowest BCUT2D eigenvalue weighted by molar-refractivity contribution is -0.0246. The van der Waals surface area contributed by atoms with Gasteiger partial charge in [0.15, 0.2) is 5.82 Å². The minimum absolute atomic E-state index is 0.0891. The fourth-order valence-corrected chi connectivity index (χ4v) is 1.80. The van der Waals surface area contributed by atoms with Crippen LogP contribution in [0.2, 0.25) is 0 Å². The first-order valence-corrected chi connectivity index (χ1v) is 5.14. The summed E-state index contributed by atoms with van der Waals surface area (Å²) in [4.78, 5) is 1.39. The summed E-state index contributed by atoms with van der Waals surface area (Å²) < 4.78 is 5.28. The Bertz CT molecular complexity index is 324. The van der Waals surface area contributed by atoms with E-state index in [0.717, 1.165) is 12.8 Å². The molecule has 1 aromatic rings. The fraction of sp³-hybridized carbons (Fsp3) is 0.889. The fourth-order valence-electron chi connectivity index (χ4n) is 1.80. The van der Waals surface area contributed by atoms with E-state index in [1.165, 1.54) is 4.80 Å². The topological polar surface area (TPSA) is 73.1 Å². The summed E-state index contributed by atoms with van der Waals surface area (Å²) in [6.07, 6.45) is 2.07. The SMILES string of the molecule is COC(C(O)Cc1nnn(C)n1)C1CC1. The van der Waals surface area contributed by atoms with Crippen LogP contribution in [0.1, 0.15) is 18.7 Å². The Hall–Kier alpha value is -1.01. The van der Waals surface area contributed by atoms with Crippen LogP contribution in [0.15, 0.2) is 0 Å². The second-order valence-electron chi connectivity index (χ2n) is 4.00. The smallest absolute Gasteiger partial charge is 0.177 e. The van der Waals surface area contributed by atoms with Gasteiger partial charge in [-0.05, 0) is 24.0 Å². The standard InChI is InChI=1S/C9H16N4O2/c1-13-11-8(10-12-13)5-7(14)9(15-2)6-3-4-6/h6-7,9,14H,3-5H2,1-2H3. The zero-order chi connectivity index (χ0) is 10.8. The number of aryl methyl sites for hydroxylation is 1. The first-order chi connectivity index (χ1) is 7.20. The van der Waals surface area contributed by atoms with Crippen LogP contribution in [-0.2, 0) is 18.2 Å². The molecule has 1 aromatic heterocycles. The molecule has 1 saturated carbocycles. The molecule has 1 N–H and O–H groups in total. The summed E-state index contributed by atoms with van der Waals surface area (Å²) >= 11 is 0. The van der Waals surface area contributed by atoms with Gasteiger partial charge in [0.1, 0.15) is 0 Å². The maximum Gasteiger partial charge on any atom is 0.177 e. The molecule has 2 rings (SSSR count). The van der Waals surface area contributed by atoms with Gasteiger partial charge in [-0.15, -0.1) is 10.2 Å². The van der Waals surface area contributed by atoms with Gasteiger partial charge >= 0.3 is 0 Å². The molecule has 6 heteroatoms. The van der Waals surface area contributed by atoms with Crippen molar-refractivity contribution in [3.05, 3.63) is 5.82 Å². The first-order valence-electron chi connectivity index (χ1n) is 5.14. The van der Waals surface area contributed by atoms with Gasteiger partial charge in [0, 0.05) is 13.5 Å². The van der Waals surface area contributed by atoms with Gasteiger partial charge in [0.2, 0.25) is 0 Å². The number of rotatable bonds is 5. The molecule has 0 spiro atoms. The molecule has 0 saturated heterocycles. The molecule has 15 heavy (non-hydrogen) atoms.